The van der Waals surface area contributed by atoms with Crippen molar-refractivity contribution in [3.05, 3.63) is 12.7 Å². The van der Waals surface area contributed by atoms with Crippen molar-refractivity contribution < 1.29 is 0 Å². The summed E-state index contributed by atoms with van der Waals surface area (Å²) < 4.78 is 0. The second-order valence-electron chi connectivity index (χ2n) is 4.82. The lowest BCUT2D eigenvalue weighted by molar-refractivity contribution is 0.319. The Hall–Kier alpha value is -0.300. The van der Waals surface area contributed by atoms with Gasteiger partial charge >= 0.3 is 0 Å². The fraction of sp³-hybridized carbons (Fsp3) is 0.857. The van der Waals surface area contributed by atoms with E-state index < -0.39 is 0 Å². The Balaban J connectivity index is 2.39. The van der Waals surface area contributed by atoms with E-state index in [1.165, 1.54) is 57.9 Å². The van der Waals surface area contributed by atoms with E-state index in [1.54, 1.807) is 0 Å². The Morgan fingerprint density at radius 2 is 2.07 bits per heavy atom. The van der Waals surface area contributed by atoms with E-state index in [1.807, 2.05) is 0 Å². The summed E-state index contributed by atoms with van der Waals surface area (Å²) in [5.41, 5.74) is 0. The standard InChI is InChI=1S/C14H27N/c1-3-5-9-13-10-7-6-8-11-14(13)15-12-4-2/h3,13-15H,1,4-12H2,2H3. The Morgan fingerprint density at radius 3 is 2.80 bits per heavy atom. The first kappa shape index (κ1) is 12.8. The molecule has 2 atom stereocenters. The van der Waals surface area contributed by atoms with Gasteiger partial charge in [0.25, 0.3) is 0 Å². The van der Waals surface area contributed by atoms with Crippen LogP contribution >= 0.6 is 0 Å². The largest absolute Gasteiger partial charge is 0.314 e. The molecule has 0 aromatic carbocycles. The molecule has 2 unspecified atom stereocenters. The summed E-state index contributed by atoms with van der Waals surface area (Å²) in [5, 5.41) is 3.74. The molecule has 15 heavy (non-hydrogen) atoms. The zero-order chi connectivity index (χ0) is 10.9. The van der Waals surface area contributed by atoms with Crippen LogP contribution in [0.4, 0.5) is 0 Å². The van der Waals surface area contributed by atoms with E-state index in [0.717, 1.165) is 12.0 Å². The highest BCUT2D eigenvalue weighted by atomic mass is 14.9. The van der Waals surface area contributed by atoms with Crippen LogP contribution in [0.5, 0.6) is 0 Å². The van der Waals surface area contributed by atoms with E-state index in [2.05, 4.69) is 24.9 Å². The first-order chi connectivity index (χ1) is 7.38. The summed E-state index contributed by atoms with van der Waals surface area (Å²) in [5.74, 6) is 0.900. The van der Waals surface area contributed by atoms with Crippen molar-refractivity contribution in [3.63, 3.8) is 0 Å². The maximum absolute atomic E-state index is 3.84. The van der Waals surface area contributed by atoms with Gasteiger partial charge in [0.05, 0.1) is 0 Å². The van der Waals surface area contributed by atoms with Crippen molar-refractivity contribution in [1.82, 2.24) is 5.32 Å². The van der Waals surface area contributed by atoms with E-state index in [9.17, 15) is 0 Å². The summed E-state index contributed by atoms with van der Waals surface area (Å²) in [6, 6.07) is 0.785. The van der Waals surface area contributed by atoms with E-state index in [0.29, 0.717) is 0 Å². The maximum Gasteiger partial charge on any atom is 0.00954 e. The molecule has 0 heterocycles. The smallest absolute Gasteiger partial charge is 0.00954 e. The lowest BCUT2D eigenvalue weighted by Crippen LogP contribution is -2.36. The lowest BCUT2D eigenvalue weighted by atomic mass is 9.90. The van der Waals surface area contributed by atoms with Crippen molar-refractivity contribution in [2.45, 2.75) is 64.3 Å². The molecule has 0 aliphatic heterocycles. The molecule has 1 heteroatoms. The molecular formula is C14H27N. The summed E-state index contributed by atoms with van der Waals surface area (Å²) >= 11 is 0. The quantitative estimate of drug-likeness (QED) is 0.517. The molecular weight excluding hydrogens is 182 g/mol. The zero-order valence-electron chi connectivity index (χ0n) is 10.3. The third-order valence-electron chi connectivity index (χ3n) is 3.56. The Kier molecular flexibility index (Phi) is 6.74. The van der Waals surface area contributed by atoms with Crippen LogP contribution in [0.1, 0.15) is 58.3 Å². The molecule has 1 nitrogen and oxygen atoms in total. The zero-order valence-corrected chi connectivity index (χ0v) is 10.3. The molecule has 1 aliphatic carbocycles. The van der Waals surface area contributed by atoms with Gasteiger partial charge in [0, 0.05) is 6.04 Å². The Morgan fingerprint density at radius 1 is 1.27 bits per heavy atom. The van der Waals surface area contributed by atoms with Crippen molar-refractivity contribution in [1.29, 1.82) is 0 Å². The van der Waals surface area contributed by atoms with Crippen LogP contribution in [-0.2, 0) is 0 Å². The molecule has 1 rings (SSSR count). The molecule has 1 aliphatic rings. The second-order valence-corrected chi connectivity index (χ2v) is 4.82. The number of rotatable bonds is 6. The molecule has 0 aromatic rings. The number of hydrogen-bond acceptors (Lipinski definition) is 1. The van der Waals surface area contributed by atoms with Gasteiger partial charge in [-0.3, -0.25) is 0 Å². The predicted octanol–water partition coefficient (Wildman–Crippen LogP) is 3.90. The van der Waals surface area contributed by atoms with Crippen LogP contribution in [0.25, 0.3) is 0 Å². The van der Waals surface area contributed by atoms with E-state index in [-0.39, 0.29) is 0 Å². The van der Waals surface area contributed by atoms with Crippen LogP contribution in [0.2, 0.25) is 0 Å². The molecule has 0 spiro atoms. The second kappa shape index (κ2) is 7.92. The van der Waals surface area contributed by atoms with Crippen LogP contribution < -0.4 is 5.32 Å². The van der Waals surface area contributed by atoms with Gasteiger partial charge in [-0.2, -0.15) is 0 Å². The van der Waals surface area contributed by atoms with Gasteiger partial charge < -0.3 is 5.32 Å². The van der Waals surface area contributed by atoms with Gasteiger partial charge in [-0.1, -0.05) is 32.3 Å². The van der Waals surface area contributed by atoms with Gasteiger partial charge in [-0.05, 0) is 44.6 Å². The predicted molar refractivity (Wildman–Crippen MR) is 68.1 cm³/mol. The van der Waals surface area contributed by atoms with Crippen LogP contribution in [0.3, 0.4) is 0 Å². The van der Waals surface area contributed by atoms with Crippen LogP contribution in [0.15, 0.2) is 12.7 Å². The molecule has 0 saturated heterocycles. The Bertz CT molecular complexity index is 165. The molecule has 1 saturated carbocycles. The average molecular weight is 209 g/mol. The van der Waals surface area contributed by atoms with Crippen molar-refractivity contribution >= 4 is 0 Å². The van der Waals surface area contributed by atoms with Gasteiger partial charge in [-0.15, -0.1) is 6.58 Å². The minimum absolute atomic E-state index is 0.785. The van der Waals surface area contributed by atoms with Crippen molar-refractivity contribution in [2.75, 3.05) is 6.54 Å². The topological polar surface area (TPSA) is 12.0 Å². The van der Waals surface area contributed by atoms with Crippen molar-refractivity contribution in [2.24, 2.45) is 5.92 Å². The first-order valence-electron chi connectivity index (χ1n) is 6.72. The maximum atomic E-state index is 3.84. The molecule has 0 radical (unpaired) electrons. The highest BCUT2D eigenvalue weighted by Gasteiger charge is 2.21. The fourth-order valence-electron chi connectivity index (χ4n) is 2.66. The molecule has 0 aromatic heterocycles. The van der Waals surface area contributed by atoms with Gasteiger partial charge in [0.2, 0.25) is 0 Å². The minimum atomic E-state index is 0.785. The first-order valence-corrected chi connectivity index (χ1v) is 6.72. The lowest BCUT2D eigenvalue weighted by Gasteiger charge is -2.26. The summed E-state index contributed by atoms with van der Waals surface area (Å²) in [4.78, 5) is 0. The molecule has 1 fully saturated rings. The van der Waals surface area contributed by atoms with Gasteiger partial charge in [-0.25, -0.2) is 0 Å². The van der Waals surface area contributed by atoms with E-state index in [4.69, 9.17) is 0 Å². The third-order valence-corrected chi connectivity index (χ3v) is 3.56. The minimum Gasteiger partial charge on any atom is -0.314 e. The van der Waals surface area contributed by atoms with Crippen LogP contribution in [0, 0.1) is 5.92 Å². The summed E-state index contributed by atoms with van der Waals surface area (Å²) in [7, 11) is 0. The van der Waals surface area contributed by atoms with Gasteiger partial charge in [0.1, 0.15) is 0 Å². The number of hydrogen-bond donors (Lipinski definition) is 1. The third kappa shape index (κ3) is 4.83. The number of nitrogens with one attached hydrogen (secondary N) is 1. The van der Waals surface area contributed by atoms with Crippen molar-refractivity contribution in [3.8, 4) is 0 Å². The molecule has 88 valence electrons. The normalized spacial score (nSPS) is 27.3. The average Bonchev–Trinajstić information content (AvgIpc) is 2.48. The number of allylic oxidation sites excluding steroid dienone is 1. The highest BCUT2D eigenvalue weighted by molar-refractivity contribution is 4.81. The summed E-state index contributed by atoms with van der Waals surface area (Å²) in [6.45, 7) is 7.28. The highest BCUT2D eigenvalue weighted by Crippen LogP contribution is 2.27. The van der Waals surface area contributed by atoms with Gasteiger partial charge in [0.15, 0.2) is 0 Å². The molecule has 1 N–H and O–H groups in total. The summed E-state index contributed by atoms with van der Waals surface area (Å²) in [6.07, 6.45) is 13.0. The SMILES string of the molecule is C=CCCC1CCCCCC1NCCC. The fourth-order valence-corrected chi connectivity index (χ4v) is 2.66. The van der Waals surface area contributed by atoms with Crippen LogP contribution in [-0.4, -0.2) is 12.6 Å². The monoisotopic (exact) mass is 209 g/mol. The molecule has 0 bridgehead atoms. The Labute approximate surface area is 95.3 Å². The molecule has 0 amide bonds. The van der Waals surface area contributed by atoms with E-state index >= 15 is 0 Å².